The Bertz CT molecular complexity index is 643. The van der Waals surface area contributed by atoms with Crippen molar-refractivity contribution >= 4 is 24.4 Å². The van der Waals surface area contributed by atoms with Crippen molar-refractivity contribution in [2.24, 2.45) is 0 Å². The van der Waals surface area contributed by atoms with Crippen LogP contribution in [0.4, 0.5) is 5.69 Å². The minimum atomic E-state index is -0.393. The summed E-state index contributed by atoms with van der Waals surface area (Å²) >= 11 is 0. The Morgan fingerprint density at radius 2 is 1.77 bits per heavy atom. The summed E-state index contributed by atoms with van der Waals surface area (Å²) in [4.78, 5) is 15.3. The second-order valence-electron chi connectivity index (χ2n) is 6.11. The van der Waals surface area contributed by atoms with E-state index in [-0.39, 0.29) is 12.4 Å². The Hall–Kier alpha value is -1.74. The Morgan fingerprint density at radius 3 is 2.36 bits per heavy atom. The number of aldehydes is 1. The van der Waals surface area contributed by atoms with E-state index in [1.54, 1.807) is 0 Å². The molecule has 0 unspecified atom stereocenters. The number of benzene rings is 1. The summed E-state index contributed by atoms with van der Waals surface area (Å²) in [6, 6.07) is 10.1. The van der Waals surface area contributed by atoms with Crippen LogP contribution in [0.15, 0.2) is 30.3 Å². The molecule has 1 aromatic carbocycles. The molecule has 118 valence electrons. The van der Waals surface area contributed by atoms with Crippen LogP contribution < -0.4 is 5.73 Å². The van der Waals surface area contributed by atoms with Crippen LogP contribution in [0.1, 0.15) is 43.4 Å². The number of nitrogens with one attached hydrogen (secondary N) is 1. The molecule has 3 nitrogen and oxygen atoms in total. The first-order valence-electron chi connectivity index (χ1n) is 7.68. The van der Waals surface area contributed by atoms with Crippen LogP contribution in [0.25, 0.3) is 11.3 Å². The molecule has 22 heavy (non-hydrogen) atoms. The Balaban J connectivity index is 0.00000176. The Labute approximate surface area is 137 Å². The zero-order valence-electron chi connectivity index (χ0n) is 12.9. The highest BCUT2D eigenvalue weighted by Crippen LogP contribution is 2.44. The van der Waals surface area contributed by atoms with Crippen molar-refractivity contribution in [2.45, 2.75) is 44.4 Å². The maximum Gasteiger partial charge on any atom is 0.130 e. The first-order valence-corrected chi connectivity index (χ1v) is 7.68. The molecule has 0 atom stereocenters. The minimum Gasteiger partial charge on any atom is -0.397 e. The Morgan fingerprint density at radius 1 is 1.14 bits per heavy atom. The number of carbonyl (C=O) groups excluding carboxylic acids is 1. The molecule has 3 rings (SSSR count). The largest absolute Gasteiger partial charge is 0.397 e. The third-order valence-corrected chi connectivity index (χ3v) is 4.76. The lowest BCUT2D eigenvalue weighted by Gasteiger charge is -2.32. The number of nitrogen functional groups attached to an aromatic ring is 1. The van der Waals surface area contributed by atoms with Gasteiger partial charge in [-0.25, -0.2) is 0 Å². The van der Waals surface area contributed by atoms with Crippen LogP contribution >= 0.6 is 12.4 Å². The first kappa shape index (κ1) is 16.6. The fraction of sp³-hybridized carbons (Fsp3) is 0.389. The number of anilines is 1. The quantitative estimate of drug-likeness (QED) is 0.824. The van der Waals surface area contributed by atoms with Gasteiger partial charge in [-0.05, 0) is 19.8 Å². The van der Waals surface area contributed by atoms with Crippen LogP contribution in [-0.2, 0) is 10.2 Å². The second kappa shape index (κ2) is 6.57. The molecule has 2 aromatic rings. The minimum absolute atomic E-state index is 0. The number of aromatic nitrogens is 1. The van der Waals surface area contributed by atoms with E-state index in [0.29, 0.717) is 0 Å². The lowest BCUT2D eigenvalue weighted by atomic mass is 9.70. The molecule has 0 aliphatic heterocycles. The van der Waals surface area contributed by atoms with Crippen molar-refractivity contribution < 1.29 is 4.79 Å². The number of hydrogen-bond donors (Lipinski definition) is 2. The lowest BCUT2D eigenvalue weighted by molar-refractivity contribution is -0.113. The molecule has 1 saturated carbocycles. The van der Waals surface area contributed by atoms with E-state index in [0.717, 1.165) is 60.2 Å². The smallest absolute Gasteiger partial charge is 0.130 e. The molecule has 1 aliphatic rings. The summed E-state index contributed by atoms with van der Waals surface area (Å²) in [5.41, 5.74) is 10.9. The predicted molar refractivity (Wildman–Crippen MR) is 93.5 cm³/mol. The van der Waals surface area contributed by atoms with Crippen molar-refractivity contribution in [2.75, 3.05) is 5.73 Å². The fourth-order valence-electron chi connectivity index (χ4n) is 3.73. The summed E-state index contributed by atoms with van der Waals surface area (Å²) in [6.45, 7) is 2.03. The molecule has 0 amide bonds. The molecule has 0 bridgehead atoms. The van der Waals surface area contributed by atoms with Crippen molar-refractivity contribution in [1.82, 2.24) is 4.98 Å². The predicted octanol–water partition coefficient (Wildman–Crippen LogP) is 4.39. The van der Waals surface area contributed by atoms with Gasteiger partial charge in [0.1, 0.15) is 6.29 Å². The van der Waals surface area contributed by atoms with E-state index < -0.39 is 5.41 Å². The van der Waals surface area contributed by atoms with Gasteiger partial charge in [0.15, 0.2) is 0 Å². The molecule has 0 spiro atoms. The number of nitrogens with two attached hydrogens (primary N) is 1. The number of aryl methyl sites for hydroxylation is 1. The molecule has 1 aromatic heterocycles. The van der Waals surface area contributed by atoms with Gasteiger partial charge in [0.05, 0.1) is 16.8 Å². The number of H-pyrrole nitrogens is 1. The highest BCUT2D eigenvalue weighted by Gasteiger charge is 2.38. The molecular formula is C18H23ClN2O. The summed E-state index contributed by atoms with van der Waals surface area (Å²) in [7, 11) is 0. The second-order valence-corrected chi connectivity index (χ2v) is 6.11. The number of hydrogen-bond acceptors (Lipinski definition) is 2. The molecule has 0 saturated heterocycles. The molecule has 4 heteroatoms. The molecule has 0 radical (unpaired) electrons. The van der Waals surface area contributed by atoms with Gasteiger partial charge in [0, 0.05) is 16.8 Å². The van der Waals surface area contributed by atoms with Crippen molar-refractivity contribution in [1.29, 1.82) is 0 Å². The van der Waals surface area contributed by atoms with Crippen LogP contribution in [0.5, 0.6) is 0 Å². The number of rotatable bonds is 3. The lowest BCUT2D eigenvalue weighted by Crippen LogP contribution is -2.31. The standard InChI is InChI=1S/C18H22N2O.ClH/c1-13-15(18(12-21)10-6-3-7-11-18)16(19)17(20-13)14-8-4-2-5-9-14;/h2,4-5,8-9,12,20H,3,6-7,10-11,19H2,1H3;1H. The van der Waals surface area contributed by atoms with Gasteiger partial charge >= 0.3 is 0 Å². The highest BCUT2D eigenvalue weighted by atomic mass is 35.5. The molecule has 1 heterocycles. The van der Waals surface area contributed by atoms with E-state index in [9.17, 15) is 4.79 Å². The maximum atomic E-state index is 11.9. The van der Waals surface area contributed by atoms with Crippen molar-refractivity contribution in [3.63, 3.8) is 0 Å². The van der Waals surface area contributed by atoms with Crippen molar-refractivity contribution in [3.8, 4) is 11.3 Å². The normalized spacial score (nSPS) is 16.8. The molecule has 1 aliphatic carbocycles. The van der Waals surface area contributed by atoms with E-state index in [1.807, 2.05) is 37.3 Å². The van der Waals surface area contributed by atoms with Crippen molar-refractivity contribution in [3.05, 3.63) is 41.6 Å². The monoisotopic (exact) mass is 318 g/mol. The Kier molecular flexibility index (Phi) is 4.97. The fourth-order valence-corrected chi connectivity index (χ4v) is 3.73. The van der Waals surface area contributed by atoms with Gasteiger partial charge in [-0.15, -0.1) is 12.4 Å². The third-order valence-electron chi connectivity index (χ3n) is 4.76. The van der Waals surface area contributed by atoms with Gasteiger partial charge in [-0.2, -0.15) is 0 Å². The van der Waals surface area contributed by atoms with E-state index >= 15 is 0 Å². The van der Waals surface area contributed by atoms with E-state index in [1.165, 1.54) is 6.42 Å². The topological polar surface area (TPSA) is 58.9 Å². The van der Waals surface area contributed by atoms with E-state index in [4.69, 9.17) is 5.73 Å². The van der Waals surface area contributed by atoms with Gasteiger partial charge in [-0.3, -0.25) is 0 Å². The van der Waals surface area contributed by atoms with Crippen LogP contribution in [0, 0.1) is 6.92 Å². The number of aromatic amines is 1. The summed E-state index contributed by atoms with van der Waals surface area (Å²) < 4.78 is 0. The summed E-state index contributed by atoms with van der Waals surface area (Å²) in [5.74, 6) is 0. The number of halogens is 1. The number of carbonyl (C=O) groups is 1. The highest BCUT2D eigenvalue weighted by molar-refractivity contribution is 5.85. The molecule has 1 fully saturated rings. The van der Waals surface area contributed by atoms with Crippen LogP contribution in [0.2, 0.25) is 0 Å². The molecule has 3 N–H and O–H groups in total. The van der Waals surface area contributed by atoms with Gasteiger partial charge in [0.25, 0.3) is 0 Å². The van der Waals surface area contributed by atoms with Gasteiger partial charge in [-0.1, -0.05) is 49.6 Å². The summed E-state index contributed by atoms with van der Waals surface area (Å²) in [6.07, 6.45) is 6.37. The summed E-state index contributed by atoms with van der Waals surface area (Å²) in [5, 5.41) is 0. The third kappa shape index (κ3) is 2.66. The maximum absolute atomic E-state index is 11.9. The van der Waals surface area contributed by atoms with Crippen LogP contribution in [-0.4, -0.2) is 11.3 Å². The van der Waals surface area contributed by atoms with Gasteiger partial charge in [0.2, 0.25) is 0 Å². The molecular weight excluding hydrogens is 296 g/mol. The average Bonchev–Trinajstić information content (AvgIpc) is 2.84. The first-order chi connectivity index (χ1) is 10.2. The van der Waals surface area contributed by atoms with Gasteiger partial charge < -0.3 is 15.5 Å². The van der Waals surface area contributed by atoms with E-state index in [2.05, 4.69) is 4.98 Å². The zero-order chi connectivity index (χ0) is 14.9. The SMILES string of the molecule is Cc1[nH]c(-c2ccccc2)c(N)c1C1(C=O)CCCCC1.Cl. The average molecular weight is 319 g/mol. The zero-order valence-corrected chi connectivity index (χ0v) is 13.7. The van der Waals surface area contributed by atoms with Crippen LogP contribution in [0.3, 0.4) is 0 Å².